The Labute approximate surface area is 214 Å². The van der Waals surface area contributed by atoms with Crippen molar-refractivity contribution in [3.05, 3.63) is 84.4 Å². The van der Waals surface area contributed by atoms with Gasteiger partial charge in [0.15, 0.2) is 5.13 Å². The lowest BCUT2D eigenvalue weighted by molar-refractivity contribution is 0.0948. The number of thiazole rings is 1. The van der Waals surface area contributed by atoms with Gasteiger partial charge in [0.1, 0.15) is 0 Å². The van der Waals surface area contributed by atoms with E-state index in [4.69, 9.17) is 4.98 Å². The molecule has 2 N–H and O–H groups in total. The molecule has 4 aromatic rings. The van der Waals surface area contributed by atoms with Crippen LogP contribution in [0.2, 0.25) is 0 Å². The Hall–Kier alpha value is -3.47. The van der Waals surface area contributed by atoms with Crippen LogP contribution in [-0.4, -0.2) is 63.5 Å². The summed E-state index contributed by atoms with van der Waals surface area (Å²) in [6.07, 6.45) is 0. The first-order valence-electron chi connectivity index (χ1n) is 11.8. The Bertz CT molecular complexity index is 1420. The van der Waals surface area contributed by atoms with Crippen LogP contribution in [0.25, 0.3) is 10.2 Å². The third-order valence-corrected chi connectivity index (χ3v) is 8.59. The summed E-state index contributed by atoms with van der Waals surface area (Å²) in [7, 11) is -3.79. The van der Waals surface area contributed by atoms with Crippen LogP contribution in [0.4, 0.5) is 10.8 Å². The molecule has 1 fully saturated rings. The normalized spacial score (nSPS) is 14.6. The van der Waals surface area contributed by atoms with E-state index in [1.165, 1.54) is 16.8 Å². The van der Waals surface area contributed by atoms with Gasteiger partial charge >= 0.3 is 0 Å². The number of para-hydroxylation sites is 2. The highest BCUT2D eigenvalue weighted by Crippen LogP contribution is 2.29. The van der Waals surface area contributed by atoms with Crippen LogP contribution in [0.5, 0.6) is 0 Å². The fraction of sp³-hybridized carbons (Fsp3) is 0.231. The van der Waals surface area contributed by atoms with Crippen molar-refractivity contribution in [2.24, 2.45) is 0 Å². The summed E-state index contributed by atoms with van der Waals surface area (Å²) >= 11 is 1.72. The molecule has 0 atom stereocenters. The Morgan fingerprint density at radius 3 is 2.36 bits per heavy atom. The van der Waals surface area contributed by atoms with Gasteiger partial charge in [-0.25, -0.2) is 13.4 Å². The van der Waals surface area contributed by atoms with Gasteiger partial charge in [-0.3, -0.25) is 14.4 Å². The maximum atomic E-state index is 12.9. The number of hydrogen-bond donors (Lipinski definition) is 2. The largest absolute Gasteiger partial charge is 0.351 e. The molecule has 5 rings (SSSR count). The van der Waals surface area contributed by atoms with Gasteiger partial charge in [0, 0.05) is 39.3 Å². The Morgan fingerprint density at radius 1 is 0.889 bits per heavy atom. The van der Waals surface area contributed by atoms with E-state index in [1.54, 1.807) is 53.8 Å². The van der Waals surface area contributed by atoms with Crippen LogP contribution in [-0.2, 0) is 10.0 Å². The smallest absolute Gasteiger partial charge is 0.261 e. The van der Waals surface area contributed by atoms with E-state index in [2.05, 4.69) is 25.9 Å². The molecule has 1 saturated heterocycles. The molecule has 0 saturated carbocycles. The van der Waals surface area contributed by atoms with Crippen LogP contribution in [0.15, 0.2) is 83.8 Å². The zero-order valence-corrected chi connectivity index (χ0v) is 21.3. The third-order valence-electron chi connectivity index (χ3n) is 6.11. The number of rotatable bonds is 8. The molecular weight excluding hydrogens is 494 g/mol. The lowest BCUT2D eigenvalue weighted by Crippen LogP contribution is -2.48. The topological polar surface area (TPSA) is 94.6 Å². The fourth-order valence-corrected chi connectivity index (χ4v) is 6.27. The van der Waals surface area contributed by atoms with Crippen molar-refractivity contribution in [2.75, 3.05) is 48.9 Å². The van der Waals surface area contributed by atoms with Gasteiger partial charge in [0.2, 0.25) is 0 Å². The van der Waals surface area contributed by atoms with Gasteiger partial charge in [-0.2, -0.15) is 0 Å². The Kier molecular flexibility index (Phi) is 7.17. The average Bonchev–Trinajstić information content (AvgIpc) is 3.34. The van der Waals surface area contributed by atoms with Crippen molar-refractivity contribution in [1.29, 1.82) is 0 Å². The number of fused-ring (bicyclic) bond motifs is 1. The molecule has 0 bridgehead atoms. The highest BCUT2D eigenvalue weighted by molar-refractivity contribution is 7.92. The quantitative estimate of drug-likeness (QED) is 0.368. The minimum absolute atomic E-state index is 0.144. The summed E-state index contributed by atoms with van der Waals surface area (Å²) < 4.78 is 29.2. The second kappa shape index (κ2) is 10.7. The van der Waals surface area contributed by atoms with Crippen molar-refractivity contribution in [2.45, 2.75) is 4.90 Å². The van der Waals surface area contributed by atoms with Crippen molar-refractivity contribution >= 4 is 48.3 Å². The standard InChI is InChI=1S/C26H27N5O3S2/c32-25(21-10-4-5-11-22(21)29-36(33,34)20-8-2-1-3-9-20)27-14-15-30-16-18-31(19-17-30)26-28-23-12-6-7-13-24(23)35-26/h1-13,29H,14-19H2,(H,27,32). The summed E-state index contributed by atoms with van der Waals surface area (Å²) in [5.41, 5.74) is 1.58. The minimum atomic E-state index is -3.79. The number of hydrogen-bond acceptors (Lipinski definition) is 7. The molecule has 0 unspecified atom stereocenters. The van der Waals surface area contributed by atoms with Crippen LogP contribution in [0, 0.1) is 0 Å². The predicted octanol–water partition coefficient (Wildman–Crippen LogP) is 3.65. The summed E-state index contributed by atoms with van der Waals surface area (Å²) in [5.74, 6) is -0.311. The summed E-state index contributed by atoms with van der Waals surface area (Å²) in [5, 5.41) is 3.99. The monoisotopic (exact) mass is 521 g/mol. The van der Waals surface area contributed by atoms with Crippen molar-refractivity contribution in [3.63, 3.8) is 0 Å². The lowest BCUT2D eigenvalue weighted by atomic mass is 10.1. The minimum Gasteiger partial charge on any atom is -0.351 e. The molecule has 1 amide bonds. The maximum Gasteiger partial charge on any atom is 0.261 e. The zero-order valence-electron chi connectivity index (χ0n) is 19.6. The molecule has 1 aliphatic heterocycles. The zero-order chi connectivity index (χ0) is 25.0. The molecule has 36 heavy (non-hydrogen) atoms. The van der Waals surface area contributed by atoms with Gasteiger partial charge in [0.05, 0.1) is 26.4 Å². The highest BCUT2D eigenvalue weighted by atomic mass is 32.2. The van der Waals surface area contributed by atoms with Gasteiger partial charge in [-0.05, 0) is 36.4 Å². The number of sulfonamides is 1. The number of nitrogens with one attached hydrogen (secondary N) is 2. The van der Waals surface area contributed by atoms with Gasteiger partial charge in [0.25, 0.3) is 15.9 Å². The van der Waals surface area contributed by atoms with E-state index in [0.29, 0.717) is 6.54 Å². The molecule has 186 valence electrons. The van der Waals surface area contributed by atoms with E-state index < -0.39 is 10.0 Å². The van der Waals surface area contributed by atoms with E-state index in [0.717, 1.165) is 43.4 Å². The maximum absolute atomic E-state index is 12.9. The molecule has 0 spiro atoms. The van der Waals surface area contributed by atoms with Crippen LogP contribution in [0.3, 0.4) is 0 Å². The first kappa shape index (κ1) is 24.2. The number of nitrogens with zero attached hydrogens (tertiary/aromatic N) is 3. The molecule has 1 aromatic heterocycles. The van der Waals surface area contributed by atoms with Crippen molar-refractivity contribution in [3.8, 4) is 0 Å². The first-order valence-corrected chi connectivity index (χ1v) is 14.1. The second-order valence-corrected chi connectivity index (χ2v) is 11.2. The Balaban J connectivity index is 1.13. The summed E-state index contributed by atoms with van der Waals surface area (Å²) in [4.78, 5) is 22.4. The predicted molar refractivity (Wildman–Crippen MR) is 144 cm³/mol. The number of carbonyl (C=O) groups excluding carboxylic acids is 1. The molecule has 8 nitrogen and oxygen atoms in total. The highest BCUT2D eigenvalue weighted by Gasteiger charge is 2.21. The fourth-order valence-electron chi connectivity index (χ4n) is 4.15. The van der Waals surface area contributed by atoms with Crippen molar-refractivity contribution in [1.82, 2.24) is 15.2 Å². The van der Waals surface area contributed by atoms with Gasteiger partial charge in [-0.15, -0.1) is 0 Å². The number of carbonyl (C=O) groups is 1. The van der Waals surface area contributed by atoms with E-state index in [-0.39, 0.29) is 22.1 Å². The van der Waals surface area contributed by atoms with E-state index >= 15 is 0 Å². The van der Waals surface area contributed by atoms with Crippen LogP contribution in [0.1, 0.15) is 10.4 Å². The molecular formula is C26H27N5O3S2. The third kappa shape index (κ3) is 5.51. The van der Waals surface area contributed by atoms with E-state index in [9.17, 15) is 13.2 Å². The number of benzene rings is 3. The van der Waals surface area contributed by atoms with Crippen LogP contribution < -0.4 is 14.9 Å². The van der Waals surface area contributed by atoms with Crippen molar-refractivity contribution < 1.29 is 13.2 Å². The molecule has 2 heterocycles. The van der Waals surface area contributed by atoms with E-state index in [1.807, 2.05) is 18.2 Å². The molecule has 10 heteroatoms. The second-order valence-electron chi connectivity index (χ2n) is 8.51. The molecule has 0 aliphatic carbocycles. The number of aromatic nitrogens is 1. The molecule has 0 radical (unpaired) electrons. The number of amides is 1. The Morgan fingerprint density at radius 2 is 1.58 bits per heavy atom. The van der Waals surface area contributed by atoms with Crippen LogP contribution >= 0.6 is 11.3 Å². The molecule has 1 aliphatic rings. The lowest BCUT2D eigenvalue weighted by Gasteiger charge is -2.34. The van der Waals surface area contributed by atoms with Gasteiger partial charge in [-0.1, -0.05) is 53.8 Å². The first-order chi connectivity index (χ1) is 17.5. The molecule has 3 aromatic carbocycles. The number of piperazine rings is 1. The average molecular weight is 522 g/mol. The summed E-state index contributed by atoms with van der Waals surface area (Å²) in [6, 6.07) is 22.9. The SMILES string of the molecule is O=C(NCCN1CCN(c2nc3ccccc3s2)CC1)c1ccccc1NS(=O)(=O)c1ccccc1. The van der Waals surface area contributed by atoms with Gasteiger partial charge < -0.3 is 10.2 Å². The summed E-state index contributed by atoms with van der Waals surface area (Å²) in [6.45, 7) is 4.74. The number of anilines is 2.